The Kier molecular flexibility index (Phi) is 37.0. The Bertz CT molecular complexity index is 869. The molecule has 0 fully saturated rings. The first-order chi connectivity index (χ1) is 25.7. The van der Waals surface area contributed by atoms with Gasteiger partial charge in [-0.2, -0.15) is 0 Å². The van der Waals surface area contributed by atoms with Crippen LogP contribution in [0.25, 0.3) is 0 Å². The maximum atomic E-state index is 10.6. The van der Waals surface area contributed by atoms with Crippen LogP contribution in [0.4, 0.5) is 5.69 Å². The van der Waals surface area contributed by atoms with Crippen LogP contribution in [0.15, 0.2) is 24.3 Å². The summed E-state index contributed by atoms with van der Waals surface area (Å²) in [6.07, 6.45) is 4.87. The molecule has 52 heavy (non-hydrogen) atoms. The second kappa shape index (κ2) is 40.1. The van der Waals surface area contributed by atoms with E-state index in [1.807, 2.05) is 0 Å². The Labute approximate surface area is 310 Å². The molecule has 0 atom stereocenters. The molecule has 0 N–H and O–H groups in total. The second-order valence-electron chi connectivity index (χ2n) is 11.0. The number of rotatable bonds is 43. The highest BCUT2D eigenvalue weighted by molar-refractivity contribution is 5.35. The Hall–Kier alpha value is -2.06. The maximum Gasteiger partial charge on any atom is 0.269 e. The Morgan fingerprint density at radius 3 is 0.923 bits per heavy atom. The van der Waals surface area contributed by atoms with E-state index in [1.54, 1.807) is 12.1 Å². The largest absolute Gasteiger partial charge is 0.491 e. The molecule has 1 rings (SSSR count). The summed E-state index contributed by atoms with van der Waals surface area (Å²) in [4.78, 5) is 10.2. The van der Waals surface area contributed by atoms with Crippen LogP contribution in [0, 0.1) is 10.1 Å². The molecule has 0 amide bonds. The molecule has 16 heteroatoms. The summed E-state index contributed by atoms with van der Waals surface area (Å²) < 4.78 is 71.2. The van der Waals surface area contributed by atoms with Crippen molar-refractivity contribution >= 4 is 5.69 Å². The van der Waals surface area contributed by atoms with Crippen molar-refractivity contribution in [3.05, 3.63) is 34.4 Å². The van der Waals surface area contributed by atoms with Gasteiger partial charge in [0.25, 0.3) is 5.69 Å². The number of unbranched alkanes of at least 4 members (excludes halogenated alkanes) is 3. The van der Waals surface area contributed by atoms with Gasteiger partial charge in [0, 0.05) is 18.7 Å². The molecule has 1 aromatic rings. The van der Waals surface area contributed by atoms with Crippen molar-refractivity contribution < 1.29 is 66.5 Å². The van der Waals surface area contributed by atoms with Gasteiger partial charge in [-0.3, -0.25) is 10.1 Å². The summed E-state index contributed by atoms with van der Waals surface area (Å²) >= 11 is 0. The average molecular weight is 752 g/mol. The van der Waals surface area contributed by atoms with E-state index >= 15 is 0 Å². The standard InChI is InChI=1S/C36H65NO15/c1-2-3-4-5-10-40-11-12-41-13-14-42-15-16-43-17-18-44-19-20-45-21-22-46-23-24-47-25-26-48-27-28-49-29-30-50-31-32-51-33-34-52-36-8-6-35(7-9-36)37(38)39/h6-9H,2-5,10-34H2,1H3. The normalized spacial score (nSPS) is 11.4. The minimum absolute atomic E-state index is 0.0254. The molecule has 0 spiro atoms. The SMILES string of the molecule is CCCCCCOCCOCCOCCOCCOCCOCCOCCOCCOCCOCCOCCOCCOc1ccc([N+](=O)[O-])cc1. The molecular weight excluding hydrogens is 686 g/mol. The van der Waals surface area contributed by atoms with Gasteiger partial charge in [0.2, 0.25) is 0 Å². The zero-order valence-corrected chi connectivity index (χ0v) is 31.4. The number of nitro groups is 1. The molecule has 0 bridgehead atoms. The number of ether oxygens (including phenoxy) is 13. The molecule has 0 aliphatic rings. The lowest BCUT2D eigenvalue weighted by atomic mass is 10.2. The van der Waals surface area contributed by atoms with Gasteiger partial charge in [-0.1, -0.05) is 26.2 Å². The van der Waals surface area contributed by atoms with E-state index in [0.717, 1.165) is 13.0 Å². The van der Waals surface area contributed by atoms with E-state index in [9.17, 15) is 10.1 Å². The van der Waals surface area contributed by atoms with Crippen LogP contribution in [0.1, 0.15) is 32.6 Å². The van der Waals surface area contributed by atoms with Crippen molar-refractivity contribution in [3.63, 3.8) is 0 Å². The molecule has 0 aliphatic heterocycles. The van der Waals surface area contributed by atoms with Crippen LogP contribution in [0.5, 0.6) is 5.75 Å². The van der Waals surface area contributed by atoms with Crippen LogP contribution in [-0.2, 0) is 56.8 Å². The molecule has 0 heterocycles. The molecule has 0 saturated heterocycles. The molecule has 16 nitrogen and oxygen atoms in total. The summed E-state index contributed by atoms with van der Waals surface area (Å²) in [5.74, 6) is 0.556. The summed E-state index contributed by atoms with van der Waals surface area (Å²) in [7, 11) is 0. The van der Waals surface area contributed by atoms with Crippen molar-refractivity contribution in [1.29, 1.82) is 0 Å². The van der Waals surface area contributed by atoms with Crippen LogP contribution in [0.2, 0.25) is 0 Å². The number of non-ortho nitro benzene ring substituents is 1. The van der Waals surface area contributed by atoms with Crippen molar-refractivity contribution in [2.75, 3.05) is 165 Å². The summed E-state index contributed by atoms with van der Waals surface area (Å²) in [5, 5.41) is 10.6. The van der Waals surface area contributed by atoms with Gasteiger partial charge in [0.05, 0.1) is 157 Å². The number of hydrogen-bond acceptors (Lipinski definition) is 15. The lowest BCUT2D eigenvalue weighted by Crippen LogP contribution is -2.15. The third kappa shape index (κ3) is 35.0. The molecule has 0 unspecified atom stereocenters. The van der Waals surface area contributed by atoms with Crippen molar-refractivity contribution in [2.45, 2.75) is 32.6 Å². The van der Waals surface area contributed by atoms with E-state index in [1.165, 1.54) is 31.4 Å². The maximum absolute atomic E-state index is 10.6. The zero-order valence-electron chi connectivity index (χ0n) is 31.4. The van der Waals surface area contributed by atoms with Crippen molar-refractivity contribution in [2.24, 2.45) is 0 Å². The Balaban J connectivity index is 1.63. The van der Waals surface area contributed by atoms with Crippen molar-refractivity contribution in [1.82, 2.24) is 0 Å². The first kappa shape index (κ1) is 48.0. The van der Waals surface area contributed by atoms with E-state index in [0.29, 0.717) is 164 Å². The monoisotopic (exact) mass is 751 g/mol. The molecule has 0 aromatic heterocycles. The van der Waals surface area contributed by atoms with Gasteiger partial charge >= 0.3 is 0 Å². The van der Waals surface area contributed by atoms with Crippen LogP contribution < -0.4 is 4.74 Å². The van der Waals surface area contributed by atoms with E-state index in [-0.39, 0.29) is 5.69 Å². The third-order valence-corrected chi connectivity index (χ3v) is 6.78. The number of hydrogen-bond donors (Lipinski definition) is 0. The topological polar surface area (TPSA) is 163 Å². The lowest BCUT2D eigenvalue weighted by Gasteiger charge is -2.09. The van der Waals surface area contributed by atoms with Gasteiger partial charge in [-0.05, 0) is 18.6 Å². The van der Waals surface area contributed by atoms with E-state index in [2.05, 4.69) is 6.92 Å². The fraction of sp³-hybridized carbons (Fsp3) is 0.833. The van der Waals surface area contributed by atoms with Crippen LogP contribution in [0.3, 0.4) is 0 Å². The molecule has 304 valence electrons. The highest BCUT2D eigenvalue weighted by Crippen LogP contribution is 2.17. The highest BCUT2D eigenvalue weighted by Gasteiger charge is 2.04. The predicted molar refractivity (Wildman–Crippen MR) is 193 cm³/mol. The first-order valence-electron chi connectivity index (χ1n) is 18.5. The van der Waals surface area contributed by atoms with Gasteiger partial charge in [0.15, 0.2) is 0 Å². The molecule has 0 radical (unpaired) electrons. The van der Waals surface area contributed by atoms with Gasteiger partial charge < -0.3 is 61.6 Å². The zero-order chi connectivity index (χ0) is 37.3. The fourth-order valence-electron chi connectivity index (χ4n) is 4.03. The van der Waals surface area contributed by atoms with Crippen molar-refractivity contribution in [3.8, 4) is 5.75 Å². The van der Waals surface area contributed by atoms with Gasteiger partial charge in [0.1, 0.15) is 12.4 Å². The third-order valence-electron chi connectivity index (χ3n) is 6.78. The smallest absolute Gasteiger partial charge is 0.269 e. The van der Waals surface area contributed by atoms with Gasteiger partial charge in [-0.15, -0.1) is 0 Å². The van der Waals surface area contributed by atoms with Crippen LogP contribution >= 0.6 is 0 Å². The number of benzene rings is 1. The number of nitrogens with zero attached hydrogens (tertiary/aromatic N) is 1. The lowest BCUT2D eigenvalue weighted by molar-refractivity contribution is -0.384. The fourth-order valence-corrected chi connectivity index (χ4v) is 4.03. The van der Waals surface area contributed by atoms with E-state index in [4.69, 9.17) is 61.6 Å². The predicted octanol–water partition coefficient (Wildman–Crippen LogP) is 3.75. The first-order valence-corrected chi connectivity index (χ1v) is 18.5. The molecular formula is C36H65NO15. The molecule has 0 aliphatic carbocycles. The Morgan fingerprint density at radius 1 is 0.385 bits per heavy atom. The van der Waals surface area contributed by atoms with Gasteiger partial charge in [-0.25, -0.2) is 0 Å². The second-order valence-corrected chi connectivity index (χ2v) is 11.0. The van der Waals surface area contributed by atoms with E-state index < -0.39 is 4.92 Å². The minimum Gasteiger partial charge on any atom is -0.491 e. The number of nitro benzene ring substituents is 1. The average Bonchev–Trinajstić information content (AvgIpc) is 3.15. The molecule has 0 saturated carbocycles. The summed E-state index contributed by atoms with van der Waals surface area (Å²) in [6.45, 7) is 14.9. The Morgan fingerprint density at radius 2 is 0.654 bits per heavy atom. The quantitative estimate of drug-likeness (QED) is 0.0538. The minimum atomic E-state index is -0.451. The van der Waals surface area contributed by atoms with Crippen LogP contribution in [-0.4, -0.2) is 170 Å². The highest BCUT2D eigenvalue weighted by atomic mass is 16.6. The molecule has 1 aromatic carbocycles. The summed E-state index contributed by atoms with van der Waals surface area (Å²) in [5.41, 5.74) is 0.0254. The summed E-state index contributed by atoms with van der Waals surface area (Å²) in [6, 6.07) is 5.91.